The smallest absolute Gasteiger partial charge is 0.315 e. The third-order valence-corrected chi connectivity index (χ3v) is 2.58. The molecule has 0 aliphatic heterocycles. The molecular formula is C13H13N3O3. The Hall–Kier alpha value is -2.63. The topological polar surface area (TPSA) is 77.3 Å². The molecule has 0 atom stereocenters. The van der Waals surface area contributed by atoms with Gasteiger partial charge in [0.2, 0.25) is 5.82 Å². The third-order valence-electron chi connectivity index (χ3n) is 2.58. The van der Waals surface area contributed by atoms with Crippen LogP contribution in [0.3, 0.4) is 0 Å². The number of nitrogens with zero attached hydrogens (tertiary/aromatic N) is 2. The molecule has 1 aromatic carbocycles. The average Bonchev–Trinajstić information content (AvgIpc) is 2.46. The van der Waals surface area contributed by atoms with Crippen LogP contribution in [0, 0.1) is 10.1 Å². The van der Waals surface area contributed by atoms with Crippen molar-refractivity contribution in [3.05, 3.63) is 58.3 Å². The van der Waals surface area contributed by atoms with Crippen LogP contribution < -0.4 is 10.1 Å². The number of ether oxygens (including phenoxy) is 1. The summed E-state index contributed by atoms with van der Waals surface area (Å²) in [6.07, 6.45) is 1.44. The summed E-state index contributed by atoms with van der Waals surface area (Å²) in [6.45, 7) is 0.473. The highest BCUT2D eigenvalue weighted by Crippen LogP contribution is 2.26. The van der Waals surface area contributed by atoms with Crippen molar-refractivity contribution in [2.75, 3.05) is 12.4 Å². The highest BCUT2D eigenvalue weighted by Gasteiger charge is 2.16. The minimum atomic E-state index is -0.483. The lowest BCUT2D eigenvalue weighted by molar-refractivity contribution is -0.384. The molecule has 0 amide bonds. The quantitative estimate of drug-likeness (QED) is 0.659. The normalized spacial score (nSPS) is 9.95. The van der Waals surface area contributed by atoms with Crippen LogP contribution >= 0.6 is 0 Å². The number of nitrogens with one attached hydrogen (secondary N) is 1. The number of hydrogen-bond donors (Lipinski definition) is 1. The Kier molecular flexibility index (Phi) is 3.92. The number of rotatable bonds is 5. The van der Waals surface area contributed by atoms with Gasteiger partial charge in [-0.25, -0.2) is 4.98 Å². The van der Waals surface area contributed by atoms with Gasteiger partial charge in [-0.3, -0.25) is 10.1 Å². The Morgan fingerprint density at radius 3 is 2.74 bits per heavy atom. The van der Waals surface area contributed by atoms with Crippen molar-refractivity contribution >= 4 is 11.5 Å². The molecule has 0 saturated heterocycles. The van der Waals surface area contributed by atoms with Crippen molar-refractivity contribution in [2.45, 2.75) is 6.54 Å². The highest BCUT2D eigenvalue weighted by molar-refractivity contribution is 5.58. The first kappa shape index (κ1) is 12.8. The van der Waals surface area contributed by atoms with Gasteiger partial charge in [0.1, 0.15) is 5.75 Å². The molecule has 1 N–H and O–H groups in total. The van der Waals surface area contributed by atoms with E-state index in [2.05, 4.69) is 10.3 Å². The van der Waals surface area contributed by atoms with Gasteiger partial charge in [0.25, 0.3) is 0 Å². The van der Waals surface area contributed by atoms with Crippen molar-refractivity contribution in [3.8, 4) is 5.75 Å². The lowest BCUT2D eigenvalue weighted by atomic mass is 10.2. The first-order chi connectivity index (χ1) is 9.20. The highest BCUT2D eigenvalue weighted by atomic mass is 16.6. The van der Waals surface area contributed by atoms with E-state index in [1.807, 2.05) is 30.3 Å². The summed E-state index contributed by atoms with van der Waals surface area (Å²) in [5.41, 5.74) is 0.921. The zero-order valence-corrected chi connectivity index (χ0v) is 10.4. The molecule has 2 rings (SSSR count). The van der Waals surface area contributed by atoms with Crippen LogP contribution in [0.4, 0.5) is 11.5 Å². The molecule has 0 unspecified atom stereocenters. The van der Waals surface area contributed by atoms with Crippen molar-refractivity contribution < 1.29 is 9.66 Å². The van der Waals surface area contributed by atoms with Crippen LogP contribution in [-0.4, -0.2) is 17.0 Å². The van der Waals surface area contributed by atoms with E-state index >= 15 is 0 Å². The van der Waals surface area contributed by atoms with Crippen molar-refractivity contribution in [3.63, 3.8) is 0 Å². The number of anilines is 1. The van der Waals surface area contributed by atoms with Gasteiger partial charge in [-0.15, -0.1) is 0 Å². The van der Waals surface area contributed by atoms with E-state index in [-0.39, 0.29) is 11.5 Å². The molecular weight excluding hydrogens is 246 g/mol. The van der Waals surface area contributed by atoms with Gasteiger partial charge in [-0.2, -0.15) is 0 Å². The molecule has 6 nitrogen and oxygen atoms in total. The maximum Gasteiger partial charge on any atom is 0.315 e. The molecule has 1 aromatic heterocycles. The Bertz CT molecular complexity index is 573. The Morgan fingerprint density at radius 2 is 2.11 bits per heavy atom. The maximum atomic E-state index is 11.0. The van der Waals surface area contributed by atoms with Crippen molar-refractivity contribution in [1.82, 2.24) is 4.98 Å². The molecule has 0 bridgehead atoms. The lowest BCUT2D eigenvalue weighted by Crippen LogP contribution is -2.04. The Balaban J connectivity index is 2.18. The first-order valence-electron chi connectivity index (χ1n) is 5.67. The molecule has 0 radical (unpaired) electrons. The van der Waals surface area contributed by atoms with Gasteiger partial charge in [-0.1, -0.05) is 30.3 Å². The van der Waals surface area contributed by atoms with Gasteiger partial charge >= 0.3 is 5.69 Å². The standard InChI is InChI=1S/C13H13N3O3/c1-19-11-7-12(16(17)18)13(15-9-11)14-8-10-5-3-2-4-6-10/h2-7,9H,8H2,1H3,(H,14,15). The summed E-state index contributed by atoms with van der Waals surface area (Å²) in [5.74, 6) is 0.589. The van der Waals surface area contributed by atoms with E-state index in [0.29, 0.717) is 12.3 Å². The lowest BCUT2D eigenvalue weighted by Gasteiger charge is -2.07. The second-order valence-corrected chi connectivity index (χ2v) is 3.84. The molecule has 2 aromatic rings. The zero-order valence-electron chi connectivity index (χ0n) is 10.4. The average molecular weight is 259 g/mol. The molecule has 19 heavy (non-hydrogen) atoms. The van der Waals surface area contributed by atoms with Crippen LogP contribution in [0.1, 0.15) is 5.56 Å². The van der Waals surface area contributed by atoms with E-state index in [1.54, 1.807) is 0 Å². The van der Waals surface area contributed by atoms with E-state index in [9.17, 15) is 10.1 Å². The molecule has 0 aliphatic rings. The van der Waals surface area contributed by atoms with E-state index in [4.69, 9.17) is 4.74 Å². The van der Waals surface area contributed by atoms with Crippen LogP contribution in [0.2, 0.25) is 0 Å². The Morgan fingerprint density at radius 1 is 1.37 bits per heavy atom. The number of benzene rings is 1. The van der Waals surface area contributed by atoms with Gasteiger partial charge in [0.15, 0.2) is 0 Å². The molecule has 98 valence electrons. The minimum Gasteiger partial charge on any atom is -0.495 e. The predicted molar refractivity (Wildman–Crippen MR) is 71.2 cm³/mol. The summed E-state index contributed by atoms with van der Waals surface area (Å²) < 4.78 is 4.93. The monoisotopic (exact) mass is 259 g/mol. The van der Waals surface area contributed by atoms with Gasteiger partial charge in [0, 0.05) is 6.54 Å². The molecule has 0 saturated carbocycles. The SMILES string of the molecule is COc1cnc(NCc2ccccc2)c([N+](=O)[O-])c1. The molecule has 0 spiro atoms. The number of nitro groups is 1. The molecule has 6 heteroatoms. The summed E-state index contributed by atoms with van der Waals surface area (Å²) in [4.78, 5) is 14.5. The fourth-order valence-corrected chi connectivity index (χ4v) is 1.60. The predicted octanol–water partition coefficient (Wildman–Crippen LogP) is 2.61. The number of aromatic nitrogens is 1. The van der Waals surface area contributed by atoms with E-state index < -0.39 is 4.92 Å². The third kappa shape index (κ3) is 3.19. The Labute approximate surface area is 110 Å². The molecule has 1 heterocycles. The summed E-state index contributed by atoms with van der Waals surface area (Å²) >= 11 is 0. The number of pyridine rings is 1. The van der Waals surface area contributed by atoms with Crippen LogP contribution in [-0.2, 0) is 6.54 Å². The van der Waals surface area contributed by atoms with Gasteiger partial charge in [-0.05, 0) is 5.56 Å². The minimum absolute atomic E-state index is 0.102. The first-order valence-corrected chi connectivity index (χ1v) is 5.67. The largest absolute Gasteiger partial charge is 0.495 e. The number of methoxy groups -OCH3 is 1. The van der Waals surface area contributed by atoms with Crippen LogP contribution in [0.5, 0.6) is 5.75 Å². The fraction of sp³-hybridized carbons (Fsp3) is 0.154. The zero-order chi connectivity index (χ0) is 13.7. The summed E-state index contributed by atoms with van der Waals surface area (Å²) in [7, 11) is 1.44. The summed E-state index contributed by atoms with van der Waals surface area (Å²) in [6, 6.07) is 10.9. The molecule has 0 aliphatic carbocycles. The van der Waals surface area contributed by atoms with Gasteiger partial charge < -0.3 is 10.1 Å². The van der Waals surface area contributed by atoms with E-state index in [0.717, 1.165) is 5.56 Å². The van der Waals surface area contributed by atoms with Crippen LogP contribution in [0.15, 0.2) is 42.6 Å². The van der Waals surface area contributed by atoms with Crippen molar-refractivity contribution in [2.24, 2.45) is 0 Å². The maximum absolute atomic E-state index is 11.0. The van der Waals surface area contributed by atoms with E-state index in [1.165, 1.54) is 19.4 Å². The second kappa shape index (κ2) is 5.81. The summed E-state index contributed by atoms with van der Waals surface area (Å²) in [5, 5.41) is 13.9. The molecule has 0 fully saturated rings. The van der Waals surface area contributed by atoms with Crippen LogP contribution in [0.25, 0.3) is 0 Å². The fourth-order valence-electron chi connectivity index (χ4n) is 1.60. The van der Waals surface area contributed by atoms with Crippen molar-refractivity contribution in [1.29, 1.82) is 0 Å². The second-order valence-electron chi connectivity index (χ2n) is 3.84. The van der Waals surface area contributed by atoms with Gasteiger partial charge in [0.05, 0.1) is 24.3 Å². The number of hydrogen-bond acceptors (Lipinski definition) is 5.